The van der Waals surface area contributed by atoms with Crippen LogP contribution in [0, 0.1) is 0 Å². The monoisotopic (exact) mass is 321 g/mol. The molecule has 0 saturated carbocycles. The molecule has 0 spiro atoms. The van der Waals surface area contributed by atoms with Crippen molar-refractivity contribution in [2.45, 2.75) is 13.3 Å². The van der Waals surface area contributed by atoms with Crippen molar-refractivity contribution in [3.63, 3.8) is 0 Å². The molecule has 2 aromatic heterocycles. The van der Waals surface area contributed by atoms with Gasteiger partial charge in [-0.05, 0) is 6.07 Å². The maximum atomic E-state index is 11.6. The molecule has 0 atom stereocenters. The van der Waals surface area contributed by atoms with Gasteiger partial charge in [-0.3, -0.25) is 14.4 Å². The minimum atomic E-state index is -0.554. The van der Waals surface area contributed by atoms with Gasteiger partial charge < -0.3 is 21.4 Å². The summed E-state index contributed by atoms with van der Waals surface area (Å²) in [6, 6.07) is 1.59. The number of hydrogen-bond acceptors (Lipinski definition) is 5. The lowest BCUT2D eigenvalue weighted by Crippen LogP contribution is -2.32. The number of aromatic amines is 1. The van der Waals surface area contributed by atoms with E-state index in [1.165, 1.54) is 11.3 Å². The van der Waals surface area contributed by atoms with Gasteiger partial charge in [-0.1, -0.05) is 6.92 Å². The first kappa shape index (κ1) is 15.7. The highest BCUT2D eigenvalue weighted by molar-refractivity contribution is 7.14. The van der Waals surface area contributed by atoms with Crippen molar-refractivity contribution in [1.29, 1.82) is 0 Å². The summed E-state index contributed by atoms with van der Waals surface area (Å²) in [7, 11) is 0. The minimum absolute atomic E-state index is 0.0996. The first-order valence-electron chi connectivity index (χ1n) is 6.50. The summed E-state index contributed by atoms with van der Waals surface area (Å²) < 4.78 is 0. The maximum absolute atomic E-state index is 11.6. The fourth-order valence-electron chi connectivity index (χ4n) is 1.62. The summed E-state index contributed by atoms with van der Waals surface area (Å²) in [5, 5.41) is 7.22. The number of nitrogens with one attached hydrogen (secondary N) is 3. The van der Waals surface area contributed by atoms with Crippen LogP contribution in [0.3, 0.4) is 0 Å². The van der Waals surface area contributed by atoms with E-state index in [-0.39, 0.29) is 24.1 Å². The molecular formula is C13H15N5O3S. The summed E-state index contributed by atoms with van der Waals surface area (Å²) in [5.74, 6) is -1.10. The lowest BCUT2D eigenvalue weighted by atomic mass is 10.2. The lowest BCUT2D eigenvalue weighted by molar-refractivity contribution is -0.123. The molecule has 0 fully saturated rings. The molecule has 116 valence electrons. The van der Waals surface area contributed by atoms with Crippen molar-refractivity contribution in [3.05, 3.63) is 23.3 Å². The second kappa shape index (κ2) is 6.85. The highest BCUT2D eigenvalue weighted by atomic mass is 32.1. The largest absolute Gasteiger partial charge is 0.364 e. The molecule has 2 rings (SSSR count). The van der Waals surface area contributed by atoms with Gasteiger partial charge >= 0.3 is 0 Å². The molecule has 0 radical (unpaired) electrons. The number of amides is 3. The Bertz CT molecular complexity index is 706. The van der Waals surface area contributed by atoms with Crippen molar-refractivity contribution in [1.82, 2.24) is 15.3 Å². The molecule has 0 bridgehead atoms. The third-order valence-electron chi connectivity index (χ3n) is 2.76. The van der Waals surface area contributed by atoms with Crippen molar-refractivity contribution in [2.24, 2.45) is 5.73 Å². The van der Waals surface area contributed by atoms with Gasteiger partial charge in [0.1, 0.15) is 5.69 Å². The molecule has 0 aliphatic heterocycles. The first-order chi connectivity index (χ1) is 10.5. The standard InChI is InChI=1S/C13H15N5O3S/c1-2-10(19)16-5-11(20)18-13-17-9(6-22-13)7-3-8(12(14)21)15-4-7/h3-4,6,15H,2,5H2,1H3,(H2,14,21)(H,16,19)(H,17,18,20). The zero-order valence-corrected chi connectivity index (χ0v) is 12.6. The molecule has 0 aliphatic rings. The lowest BCUT2D eigenvalue weighted by Gasteiger charge is -2.02. The van der Waals surface area contributed by atoms with E-state index in [0.29, 0.717) is 22.8 Å². The second-order valence-corrected chi connectivity index (χ2v) is 5.24. The van der Waals surface area contributed by atoms with Gasteiger partial charge in [0.2, 0.25) is 11.8 Å². The summed E-state index contributed by atoms with van der Waals surface area (Å²) in [6.45, 7) is 1.61. The van der Waals surface area contributed by atoms with Crippen LogP contribution in [0.5, 0.6) is 0 Å². The Hall–Kier alpha value is -2.68. The fraction of sp³-hybridized carbons (Fsp3) is 0.231. The minimum Gasteiger partial charge on any atom is -0.364 e. The number of hydrogen-bond donors (Lipinski definition) is 4. The number of anilines is 1. The summed E-state index contributed by atoms with van der Waals surface area (Å²) in [5.41, 5.74) is 6.77. The number of thiazole rings is 1. The van der Waals surface area contributed by atoms with Gasteiger partial charge in [0.25, 0.3) is 5.91 Å². The zero-order valence-electron chi connectivity index (χ0n) is 11.8. The molecule has 5 N–H and O–H groups in total. The number of carbonyl (C=O) groups excluding carboxylic acids is 3. The van der Waals surface area contributed by atoms with E-state index >= 15 is 0 Å². The van der Waals surface area contributed by atoms with E-state index < -0.39 is 5.91 Å². The van der Waals surface area contributed by atoms with Crippen LogP contribution in [-0.2, 0) is 9.59 Å². The SMILES string of the molecule is CCC(=O)NCC(=O)Nc1nc(-c2c[nH]c(C(N)=O)c2)cs1. The summed E-state index contributed by atoms with van der Waals surface area (Å²) in [4.78, 5) is 40.7. The van der Waals surface area contributed by atoms with Crippen LogP contribution in [0.4, 0.5) is 5.13 Å². The molecule has 8 nitrogen and oxygen atoms in total. The van der Waals surface area contributed by atoms with E-state index in [1.807, 2.05) is 0 Å². The number of carbonyl (C=O) groups is 3. The van der Waals surface area contributed by atoms with E-state index in [0.717, 1.165) is 0 Å². The molecule has 22 heavy (non-hydrogen) atoms. The highest BCUT2D eigenvalue weighted by Crippen LogP contribution is 2.25. The van der Waals surface area contributed by atoms with Gasteiger partial charge in [-0.15, -0.1) is 11.3 Å². The summed E-state index contributed by atoms with van der Waals surface area (Å²) >= 11 is 1.24. The van der Waals surface area contributed by atoms with Crippen LogP contribution in [0.15, 0.2) is 17.6 Å². The third kappa shape index (κ3) is 3.92. The number of rotatable bonds is 6. The quantitative estimate of drug-likeness (QED) is 0.624. The van der Waals surface area contributed by atoms with Gasteiger partial charge in [0, 0.05) is 23.6 Å². The van der Waals surface area contributed by atoms with Crippen molar-refractivity contribution >= 4 is 34.2 Å². The molecule has 0 saturated heterocycles. The van der Waals surface area contributed by atoms with Crippen molar-refractivity contribution in [3.8, 4) is 11.3 Å². The van der Waals surface area contributed by atoms with E-state index in [2.05, 4.69) is 20.6 Å². The van der Waals surface area contributed by atoms with Crippen LogP contribution in [-0.4, -0.2) is 34.2 Å². The predicted molar refractivity (Wildman–Crippen MR) is 82.3 cm³/mol. The molecule has 9 heteroatoms. The Morgan fingerprint density at radius 2 is 2.14 bits per heavy atom. The Morgan fingerprint density at radius 1 is 1.36 bits per heavy atom. The average Bonchev–Trinajstić information content (AvgIpc) is 3.13. The van der Waals surface area contributed by atoms with Crippen LogP contribution in [0.1, 0.15) is 23.8 Å². The number of H-pyrrole nitrogens is 1. The Labute approximate surface area is 130 Å². The van der Waals surface area contributed by atoms with E-state index in [1.54, 1.807) is 24.6 Å². The Balaban J connectivity index is 1.97. The van der Waals surface area contributed by atoms with Crippen LogP contribution >= 0.6 is 11.3 Å². The van der Waals surface area contributed by atoms with Crippen LogP contribution in [0.2, 0.25) is 0 Å². The smallest absolute Gasteiger partial charge is 0.265 e. The second-order valence-electron chi connectivity index (χ2n) is 4.38. The van der Waals surface area contributed by atoms with Gasteiger partial charge in [0.05, 0.1) is 12.2 Å². The first-order valence-corrected chi connectivity index (χ1v) is 7.38. The van der Waals surface area contributed by atoms with Gasteiger partial charge in [0.15, 0.2) is 5.13 Å². The Morgan fingerprint density at radius 3 is 2.77 bits per heavy atom. The molecular weight excluding hydrogens is 306 g/mol. The van der Waals surface area contributed by atoms with Gasteiger partial charge in [-0.2, -0.15) is 0 Å². The number of nitrogens with two attached hydrogens (primary N) is 1. The normalized spacial score (nSPS) is 10.2. The fourth-order valence-corrected chi connectivity index (χ4v) is 2.35. The maximum Gasteiger partial charge on any atom is 0.265 e. The topological polar surface area (TPSA) is 130 Å². The Kier molecular flexibility index (Phi) is 4.89. The molecule has 2 heterocycles. The van der Waals surface area contributed by atoms with Gasteiger partial charge in [-0.25, -0.2) is 4.98 Å². The average molecular weight is 321 g/mol. The van der Waals surface area contributed by atoms with Crippen LogP contribution < -0.4 is 16.4 Å². The van der Waals surface area contributed by atoms with Crippen molar-refractivity contribution in [2.75, 3.05) is 11.9 Å². The van der Waals surface area contributed by atoms with Crippen molar-refractivity contribution < 1.29 is 14.4 Å². The molecule has 2 aromatic rings. The zero-order chi connectivity index (χ0) is 16.1. The molecule has 3 amide bonds. The van der Waals surface area contributed by atoms with E-state index in [9.17, 15) is 14.4 Å². The number of primary amides is 1. The number of aromatic nitrogens is 2. The molecule has 0 aromatic carbocycles. The number of nitrogens with zero attached hydrogens (tertiary/aromatic N) is 1. The van der Waals surface area contributed by atoms with E-state index in [4.69, 9.17) is 5.73 Å². The third-order valence-corrected chi connectivity index (χ3v) is 3.52. The predicted octanol–water partition coefficient (Wildman–Crippen LogP) is 0.702. The summed E-state index contributed by atoms with van der Waals surface area (Å²) in [6.07, 6.45) is 1.94. The van der Waals surface area contributed by atoms with Crippen LogP contribution in [0.25, 0.3) is 11.3 Å². The molecule has 0 aliphatic carbocycles. The molecule has 0 unspecified atom stereocenters. The highest BCUT2D eigenvalue weighted by Gasteiger charge is 2.11.